The lowest BCUT2D eigenvalue weighted by Gasteiger charge is -2.26. The van der Waals surface area contributed by atoms with Gasteiger partial charge in [-0.15, -0.1) is 12.4 Å². The Morgan fingerprint density at radius 1 is 1.17 bits per heavy atom. The third-order valence-corrected chi connectivity index (χ3v) is 4.67. The molecule has 0 aromatic heterocycles. The fourth-order valence-electron chi connectivity index (χ4n) is 3.17. The Hall–Kier alpha value is -1.27. The van der Waals surface area contributed by atoms with Crippen molar-refractivity contribution in [3.63, 3.8) is 0 Å². The highest BCUT2D eigenvalue weighted by molar-refractivity contribution is 5.85. The zero-order valence-electron chi connectivity index (χ0n) is 13.2. The summed E-state index contributed by atoms with van der Waals surface area (Å²) >= 11 is 0. The predicted molar refractivity (Wildman–Crippen MR) is 87.9 cm³/mol. The standard InChI is InChI=1S/C17H21F3N2O.ClH/c18-17(19,20)14-3-1-2-13(10-14)15(11-4-5-11)22-16(23)12-6-8-21-9-7-12;/h1-3,10-12,15,21H,4-9H2,(H,22,23);1H. The molecule has 1 amide bonds. The van der Waals surface area contributed by atoms with Crippen molar-refractivity contribution in [1.29, 1.82) is 0 Å². The van der Waals surface area contributed by atoms with Gasteiger partial charge in [-0.3, -0.25) is 4.79 Å². The maximum Gasteiger partial charge on any atom is 0.416 e. The van der Waals surface area contributed by atoms with Gasteiger partial charge < -0.3 is 10.6 Å². The molecule has 1 saturated heterocycles. The first-order valence-corrected chi connectivity index (χ1v) is 8.13. The zero-order chi connectivity index (χ0) is 16.4. The monoisotopic (exact) mass is 362 g/mol. The molecule has 134 valence electrons. The highest BCUT2D eigenvalue weighted by atomic mass is 35.5. The van der Waals surface area contributed by atoms with E-state index in [2.05, 4.69) is 10.6 Å². The van der Waals surface area contributed by atoms with Crippen molar-refractivity contribution < 1.29 is 18.0 Å². The van der Waals surface area contributed by atoms with Gasteiger partial charge in [-0.25, -0.2) is 0 Å². The average molecular weight is 363 g/mol. The van der Waals surface area contributed by atoms with Crippen LogP contribution in [0.15, 0.2) is 24.3 Å². The lowest BCUT2D eigenvalue weighted by molar-refractivity contribution is -0.137. The summed E-state index contributed by atoms with van der Waals surface area (Å²) in [7, 11) is 0. The highest BCUT2D eigenvalue weighted by Gasteiger charge is 2.37. The van der Waals surface area contributed by atoms with E-state index in [-0.39, 0.29) is 36.2 Å². The van der Waals surface area contributed by atoms with Gasteiger partial charge in [-0.05, 0) is 62.4 Å². The largest absolute Gasteiger partial charge is 0.416 e. The summed E-state index contributed by atoms with van der Waals surface area (Å²) < 4.78 is 38.7. The fourth-order valence-corrected chi connectivity index (χ4v) is 3.17. The van der Waals surface area contributed by atoms with E-state index in [0.717, 1.165) is 44.8 Å². The summed E-state index contributed by atoms with van der Waals surface area (Å²) in [4.78, 5) is 12.4. The summed E-state index contributed by atoms with van der Waals surface area (Å²) in [6, 6.07) is 5.04. The Morgan fingerprint density at radius 3 is 2.42 bits per heavy atom. The van der Waals surface area contributed by atoms with Crippen LogP contribution < -0.4 is 10.6 Å². The second-order valence-electron chi connectivity index (χ2n) is 6.47. The zero-order valence-corrected chi connectivity index (χ0v) is 14.1. The molecule has 1 unspecified atom stereocenters. The Morgan fingerprint density at radius 2 is 1.83 bits per heavy atom. The maximum atomic E-state index is 12.9. The SMILES string of the molecule is Cl.O=C(NC(c1cccc(C(F)(F)F)c1)C1CC1)C1CCNCC1. The number of benzene rings is 1. The van der Waals surface area contributed by atoms with Crippen LogP contribution in [-0.2, 0) is 11.0 Å². The number of alkyl halides is 3. The lowest BCUT2D eigenvalue weighted by atomic mass is 9.94. The highest BCUT2D eigenvalue weighted by Crippen LogP contribution is 2.42. The number of hydrogen-bond donors (Lipinski definition) is 2. The quantitative estimate of drug-likeness (QED) is 0.857. The van der Waals surface area contributed by atoms with Crippen molar-refractivity contribution in [3.05, 3.63) is 35.4 Å². The average Bonchev–Trinajstić information content (AvgIpc) is 3.37. The molecule has 1 aromatic rings. The van der Waals surface area contributed by atoms with Crippen molar-refractivity contribution in [2.24, 2.45) is 11.8 Å². The summed E-state index contributed by atoms with van der Waals surface area (Å²) in [5.74, 6) is 0.188. The van der Waals surface area contributed by atoms with E-state index in [9.17, 15) is 18.0 Å². The second kappa shape index (κ2) is 7.74. The van der Waals surface area contributed by atoms with Crippen molar-refractivity contribution >= 4 is 18.3 Å². The molecule has 0 bridgehead atoms. The maximum absolute atomic E-state index is 12.9. The van der Waals surface area contributed by atoms with Crippen LogP contribution in [0, 0.1) is 11.8 Å². The van der Waals surface area contributed by atoms with Gasteiger partial charge in [0.15, 0.2) is 0 Å². The number of nitrogens with one attached hydrogen (secondary N) is 2. The number of amides is 1. The van der Waals surface area contributed by atoms with E-state index in [1.807, 2.05) is 0 Å². The first kappa shape index (κ1) is 19.1. The minimum atomic E-state index is -4.36. The van der Waals surface area contributed by atoms with Crippen molar-refractivity contribution in [1.82, 2.24) is 10.6 Å². The molecule has 2 fully saturated rings. The molecule has 1 atom stereocenters. The van der Waals surface area contributed by atoms with Crippen molar-refractivity contribution in [2.45, 2.75) is 37.9 Å². The number of halogens is 4. The first-order valence-electron chi connectivity index (χ1n) is 8.13. The Balaban J connectivity index is 0.00000208. The van der Waals surface area contributed by atoms with Gasteiger partial charge in [0, 0.05) is 5.92 Å². The van der Waals surface area contributed by atoms with Crippen LogP contribution >= 0.6 is 12.4 Å². The Labute approximate surface area is 145 Å². The second-order valence-corrected chi connectivity index (χ2v) is 6.47. The predicted octanol–water partition coefficient (Wildman–Crippen LogP) is 3.69. The van der Waals surface area contributed by atoms with Gasteiger partial charge in [0.05, 0.1) is 11.6 Å². The molecular formula is C17H22ClF3N2O. The first-order chi connectivity index (χ1) is 10.9. The van der Waals surface area contributed by atoms with Crippen LogP contribution in [0.5, 0.6) is 0 Å². The normalized spacial score (nSPS) is 20.1. The molecule has 1 heterocycles. The number of piperidine rings is 1. The topological polar surface area (TPSA) is 41.1 Å². The Bertz CT molecular complexity index is 569. The van der Waals surface area contributed by atoms with Gasteiger partial charge in [-0.1, -0.05) is 12.1 Å². The van der Waals surface area contributed by atoms with Crippen LogP contribution in [0.25, 0.3) is 0 Å². The van der Waals surface area contributed by atoms with Crippen molar-refractivity contribution in [2.75, 3.05) is 13.1 Å². The van der Waals surface area contributed by atoms with Gasteiger partial charge >= 0.3 is 6.18 Å². The van der Waals surface area contributed by atoms with E-state index in [1.165, 1.54) is 12.1 Å². The number of carbonyl (C=O) groups excluding carboxylic acids is 1. The summed E-state index contributed by atoms with van der Waals surface area (Å²) in [5, 5.41) is 6.22. The van der Waals surface area contributed by atoms with Crippen molar-refractivity contribution in [3.8, 4) is 0 Å². The number of carbonyl (C=O) groups is 1. The minimum Gasteiger partial charge on any atom is -0.349 e. The van der Waals surface area contributed by atoms with Gasteiger partial charge in [-0.2, -0.15) is 13.2 Å². The fraction of sp³-hybridized carbons (Fsp3) is 0.588. The summed E-state index contributed by atoms with van der Waals surface area (Å²) in [5.41, 5.74) is -0.0959. The molecule has 0 radical (unpaired) electrons. The van der Waals surface area contributed by atoms with Crippen LogP contribution in [0.2, 0.25) is 0 Å². The molecule has 1 saturated carbocycles. The molecule has 1 aliphatic heterocycles. The minimum absolute atomic E-state index is 0. The van der Waals surface area contributed by atoms with E-state index in [1.54, 1.807) is 6.07 Å². The molecule has 3 rings (SSSR count). The van der Waals surface area contributed by atoms with Gasteiger partial charge in [0.1, 0.15) is 0 Å². The smallest absolute Gasteiger partial charge is 0.349 e. The van der Waals surface area contributed by atoms with E-state index >= 15 is 0 Å². The molecule has 2 N–H and O–H groups in total. The molecule has 24 heavy (non-hydrogen) atoms. The molecule has 7 heteroatoms. The lowest BCUT2D eigenvalue weighted by Crippen LogP contribution is -2.40. The molecular weight excluding hydrogens is 341 g/mol. The molecule has 1 aliphatic carbocycles. The van der Waals surface area contributed by atoms with Gasteiger partial charge in [0.2, 0.25) is 5.91 Å². The molecule has 3 nitrogen and oxygen atoms in total. The van der Waals surface area contributed by atoms with Crippen LogP contribution in [0.4, 0.5) is 13.2 Å². The summed E-state index contributed by atoms with van der Waals surface area (Å²) in [6.07, 6.45) is -0.887. The molecule has 0 spiro atoms. The third-order valence-electron chi connectivity index (χ3n) is 4.67. The van der Waals surface area contributed by atoms with Crippen LogP contribution in [0.3, 0.4) is 0 Å². The van der Waals surface area contributed by atoms with E-state index < -0.39 is 11.7 Å². The van der Waals surface area contributed by atoms with Crippen LogP contribution in [-0.4, -0.2) is 19.0 Å². The van der Waals surface area contributed by atoms with Gasteiger partial charge in [0.25, 0.3) is 0 Å². The Kier molecular flexibility index (Phi) is 6.15. The van der Waals surface area contributed by atoms with E-state index in [4.69, 9.17) is 0 Å². The number of rotatable bonds is 4. The number of hydrogen-bond acceptors (Lipinski definition) is 2. The van der Waals surface area contributed by atoms with Crippen LogP contribution in [0.1, 0.15) is 42.9 Å². The molecule has 1 aromatic carbocycles. The molecule has 2 aliphatic rings. The third kappa shape index (κ3) is 4.63. The van der Waals surface area contributed by atoms with E-state index in [0.29, 0.717) is 5.56 Å². The summed E-state index contributed by atoms with van der Waals surface area (Å²) in [6.45, 7) is 1.63.